The summed E-state index contributed by atoms with van der Waals surface area (Å²) in [6, 6.07) is 16.3. The number of fused-ring (bicyclic) bond motifs is 1. The summed E-state index contributed by atoms with van der Waals surface area (Å²) in [6.07, 6.45) is -0.526. The Labute approximate surface area is 163 Å². The average Bonchev–Trinajstić information content (AvgIpc) is 2.61. The number of ether oxygens (including phenoxy) is 1. The van der Waals surface area contributed by atoms with E-state index in [1.807, 2.05) is 37.3 Å². The van der Waals surface area contributed by atoms with Crippen LogP contribution in [-0.4, -0.2) is 22.6 Å². The van der Waals surface area contributed by atoms with Gasteiger partial charge in [-0.1, -0.05) is 18.2 Å². The highest BCUT2D eigenvalue weighted by Gasteiger charge is 2.16. The Bertz CT molecular complexity index is 1020. The van der Waals surface area contributed by atoms with Crippen LogP contribution < -0.4 is 10.6 Å². The molecule has 0 aliphatic carbocycles. The summed E-state index contributed by atoms with van der Waals surface area (Å²) in [6.45, 7) is 7.22. The highest BCUT2D eigenvalue weighted by Crippen LogP contribution is 2.19. The molecule has 2 N–H and O–H groups in total. The van der Waals surface area contributed by atoms with Gasteiger partial charge < -0.3 is 10.1 Å². The molecule has 144 valence electrons. The standard InChI is InChI=1S/C22H23N3O3/c1-14-18(13-15-7-5-6-8-19(15)23-14)20(26)24-16-9-11-17(12-10-16)25-21(27)28-22(2,3)4/h5-13H,1-4H3,(H,24,26)(H,25,27). The van der Waals surface area contributed by atoms with Crippen molar-refractivity contribution in [3.8, 4) is 0 Å². The fourth-order valence-corrected chi connectivity index (χ4v) is 2.70. The van der Waals surface area contributed by atoms with Crippen LogP contribution in [0.3, 0.4) is 0 Å². The van der Waals surface area contributed by atoms with E-state index >= 15 is 0 Å². The number of nitrogens with one attached hydrogen (secondary N) is 2. The number of pyridine rings is 1. The number of rotatable bonds is 3. The molecule has 0 saturated heterocycles. The molecule has 0 aliphatic heterocycles. The Morgan fingerprint density at radius 3 is 2.18 bits per heavy atom. The van der Waals surface area contributed by atoms with Crippen molar-refractivity contribution in [1.82, 2.24) is 4.98 Å². The normalized spacial score (nSPS) is 11.1. The van der Waals surface area contributed by atoms with Crippen molar-refractivity contribution >= 4 is 34.3 Å². The molecule has 28 heavy (non-hydrogen) atoms. The van der Waals surface area contributed by atoms with Crippen LogP contribution >= 0.6 is 0 Å². The minimum absolute atomic E-state index is 0.233. The minimum Gasteiger partial charge on any atom is -0.444 e. The Balaban J connectivity index is 1.69. The summed E-state index contributed by atoms with van der Waals surface area (Å²) in [5.74, 6) is -0.233. The van der Waals surface area contributed by atoms with Gasteiger partial charge in [0, 0.05) is 16.8 Å². The maximum absolute atomic E-state index is 12.7. The first-order chi connectivity index (χ1) is 13.2. The summed E-state index contributed by atoms with van der Waals surface area (Å²) in [7, 11) is 0. The number of aryl methyl sites for hydroxylation is 1. The second-order valence-electron chi connectivity index (χ2n) is 7.47. The van der Waals surface area contributed by atoms with Crippen LogP contribution in [0.5, 0.6) is 0 Å². The van der Waals surface area contributed by atoms with Gasteiger partial charge in [-0.15, -0.1) is 0 Å². The molecule has 1 aromatic heterocycles. The van der Waals surface area contributed by atoms with Crippen LogP contribution in [-0.2, 0) is 4.74 Å². The number of para-hydroxylation sites is 1. The highest BCUT2D eigenvalue weighted by molar-refractivity contribution is 6.06. The topological polar surface area (TPSA) is 80.3 Å². The predicted molar refractivity (Wildman–Crippen MR) is 111 cm³/mol. The van der Waals surface area contributed by atoms with E-state index in [1.54, 1.807) is 45.0 Å². The van der Waals surface area contributed by atoms with E-state index in [1.165, 1.54) is 0 Å². The molecule has 0 unspecified atom stereocenters. The number of anilines is 2. The van der Waals surface area contributed by atoms with Crippen molar-refractivity contribution in [1.29, 1.82) is 0 Å². The highest BCUT2D eigenvalue weighted by atomic mass is 16.6. The van der Waals surface area contributed by atoms with Crippen molar-refractivity contribution in [2.45, 2.75) is 33.3 Å². The van der Waals surface area contributed by atoms with Crippen molar-refractivity contribution in [3.05, 3.63) is 65.9 Å². The van der Waals surface area contributed by atoms with Gasteiger partial charge in [0.1, 0.15) is 5.60 Å². The number of amides is 2. The van der Waals surface area contributed by atoms with Crippen molar-refractivity contribution in [3.63, 3.8) is 0 Å². The molecule has 0 saturated carbocycles. The van der Waals surface area contributed by atoms with Crippen LogP contribution in [0.4, 0.5) is 16.2 Å². The van der Waals surface area contributed by atoms with Crippen molar-refractivity contribution in [2.75, 3.05) is 10.6 Å². The summed E-state index contributed by atoms with van der Waals surface area (Å²) in [5.41, 5.74) is 2.68. The molecule has 0 spiro atoms. The number of benzene rings is 2. The van der Waals surface area contributed by atoms with Crippen LogP contribution in [0.15, 0.2) is 54.6 Å². The summed E-state index contributed by atoms with van der Waals surface area (Å²) in [5, 5.41) is 6.43. The van der Waals surface area contributed by atoms with E-state index < -0.39 is 11.7 Å². The molecule has 0 fully saturated rings. The lowest BCUT2D eigenvalue weighted by molar-refractivity contribution is 0.0635. The molecule has 6 nitrogen and oxygen atoms in total. The Kier molecular flexibility index (Phi) is 5.31. The van der Waals surface area contributed by atoms with Gasteiger partial charge in [-0.05, 0) is 64.1 Å². The van der Waals surface area contributed by atoms with Gasteiger partial charge in [0.25, 0.3) is 5.91 Å². The van der Waals surface area contributed by atoms with E-state index in [9.17, 15) is 9.59 Å². The molecule has 6 heteroatoms. The van der Waals surface area contributed by atoms with Crippen molar-refractivity contribution < 1.29 is 14.3 Å². The van der Waals surface area contributed by atoms with E-state index in [0.29, 0.717) is 22.6 Å². The third-order valence-corrected chi connectivity index (χ3v) is 3.95. The molecule has 2 amide bonds. The van der Waals surface area contributed by atoms with Crippen LogP contribution in [0.1, 0.15) is 36.8 Å². The van der Waals surface area contributed by atoms with Gasteiger partial charge in [0.15, 0.2) is 0 Å². The monoisotopic (exact) mass is 377 g/mol. The van der Waals surface area contributed by atoms with E-state index in [0.717, 1.165) is 10.9 Å². The summed E-state index contributed by atoms with van der Waals surface area (Å²) < 4.78 is 5.22. The SMILES string of the molecule is Cc1nc2ccccc2cc1C(=O)Nc1ccc(NC(=O)OC(C)(C)C)cc1. The van der Waals surface area contributed by atoms with Crippen LogP contribution in [0.2, 0.25) is 0 Å². The zero-order valence-electron chi connectivity index (χ0n) is 16.4. The van der Waals surface area contributed by atoms with Gasteiger partial charge >= 0.3 is 6.09 Å². The molecule has 0 radical (unpaired) electrons. The van der Waals surface area contributed by atoms with Gasteiger partial charge in [-0.3, -0.25) is 15.1 Å². The second-order valence-corrected chi connectivity index (χ2v) is 7.47. The predicted octanol–water partition coefficient (Wildman–Crippen LogP) is 5.14. The molecular formula is C22H23N3O3. The lowest BCUT2D eigenvalue weighted by atomic mass is 10.1. The molecule has 2 aromatic carbocycles. The minimum atomic E-state index is -0.566. The average molecular weight is 377 g/mol. The fraction of sp³-hybridized carbons (Fsp3) is 0.227. The number of hydrogen-bond acceptors (Lipinski definition) is 4. The lowest BCUT2D eigenvalue weighted by Crippen LogP contribution is -2.27. The molecule has 0 aliphatic rings. The zero-order chi connectivity index (χ0) is 20.3. The number of aromatic nitrogens is 1. The summed E-state index contributed by atoms with van der Waals surface area (Å²) in [4.78, 5) is 29.0. The third kappa shape index (κ3) is 4.85. The molecule has 3 aromatic rings. The van der Waals surface area contributed by atoms with Gasteiger partial charge in [-0.25, -0.2) is 4.79 Å². The molecule has 3 rings (SSSR count). The second kappa shape index (κ2) is 7.68. The number of carbonyl (C=O) groups excluding carboxylic acids is 2. The first-order valence-corrected chi connectivity index (χ1v) is 8.99. The van der Waals surface area contributed by atoms with E-state index in [-0.39, 0.29) is 5.91 Å². The molecule has 0 atom stereocenters. The smallest absolute Gasteiger partial charge is 0.412 e. The molecule has 0 bridgehead atoms. The van der Waals surface area contributed by atoms with Crippen LogP contribution in [0, 0.1) is 6.92 Å². The fourth-order valence-electron chi connectivity index (χ4n) is 2.70. The Hall–Kier alpha value is -3.41. The maximum atomic E-state index is 12.7. The quantitative estimate of drug-likeness (QED) is 0.662. The number of carbonyl (C=O) groups is 2. The zero-order valence-corrected chi connectivity index (χ0v) is 16.4. The first kappa shape index (κ1) is 19.4. The molecular weight excluding hydrogens is 354 g/mol. The van der Waals surface area contributed by atoms with E-state index in [4.69, 9.17) is 4.74 Å². The van der Waals surface area contributed by atoms with E-state index in [2.05, 4.69) is 15.6 Å². The Morgan fingerprint density at radius 2 is 1.54 bits per heavy atom. The molecule has 1 heterocycles. The Morgan fingerprint density at radius 1 is 0.929 bits per heavy atom. The number of hydrogen-bond donors (Lipinski definition) is 2. The van der Waals surface area contributed by atoms with Gasteiger partial charge in [0.2, 0.25) is 0 Å². The first-order valence-electron chi connectivity index (χ1n) is 8.99. The summed E-state index contributed by atoms with van der Waals surface area (Å²) >= 11 is 0. The van der Waals surface area contributed by atoms with Crippen molar-refractivity contribution in [2.24, 2.45) is 0 Å². The number of nitrogens with zero attached hydrogens (tertiary/aromatic N) is 1. The maximum Gasteiger partial charge on any atom is 0.412 e. The largest absolute Gasteiger partial charge is 0.444 e. The third-order valence-electron chi connectivity index (χ3n) is 3.95. The van der Waals surface area contributed by atoms with Crippen LogP contribution in [0.25, 0.3) is 10.9 Å². The van der Waals surface area contributed by atoms with Gasteiger partial charge in [0.05, 0.1) is 16.8 Å². The lowest BCUT2D eigenvalue weighted by Gasteiger charge is -2.19. The van der Waals surface area contributed by atoms with Gasteiger partial charge in [-0.2, -0.15) is 0 Å².